The van der Waals surface area contributed by atoms with E-state index in [1.165, 1.54) is 12.4 Å². The molecule has 2 aromatic rings. The fraction of sp³-hybridized carbons (Fsp3) is 0.235. The predicted molar refractivity (Wildman–Crippen MR) is 92.3 cm³/mol. The van der Waals surface area contributed by atoms with Crippen LogP contribution in [-0.4, -0.2) is 38.3 Å². The molecule has 1 aromatic heterocycles. The number of likely N-dealkylation sites (N-methyl/N-ethyl adjacent to an activating group) is 1. The molecule has 0 fully saturated rings. The highest BCUT2D eigenvalue weighted by molar-refractivity contribution is 7.91. The molecular formula is C17H18FN3O4S. The zero-order valence-electron chi connectivity index (χ0n) is 14.0. The number of nitrogens with zero attached hydrogens (tertiary/aromatic N) is 1. The van der Waals surface area contributed by atoms with E-state index < -0.39 is 32.7 Å². The highest BCUT2D eigenvalue weighted by Gasteiger charge is 2.30. The Morgan fingerprint density at radius 3 is 2.35 bits per heavy atom. The molecule has 1 aromatic carbocycles. The number of benzene rings is 1. The Labute approximate surface area is 150 Å². The summed E-state index contributed by atoms with van der Waals surface area (Å²) in [5.41, 5.74) is 0.341. The summed E-state index contributed by atoms with van der Waals surface area (Å²) < 4.78 is 39.0. The smallest absolute Gasteiger partial charge is 0.309 e. The van der Waals surface area contributed by atoms with E-state index in [1.807, 2.05) is 0 Å². The van der Waals surface area contributed by atoms with Crippen LogP contribution >= 0.6 is 0 Å². The van der Waals surface area contributed by atoms with Crippen LogP contribution in [0.4, 0.5) is 4.39 Å². The van der Waals surface area contributed by atoms with Gasteiger partial charge in [-0.3, -0.25) is 14.6 Å². The van der Waals surface area contributed by atoms with Gasteiger partial charge in [-0.05, 0) is 42.8 Å². The average molecular weight is 379 g/mol. The molecule has 138 valence electrons. The molecule has 2 N–H and O–H groups in total. The van der Waals surface area contributed by atoms with Crippen molar-refractivity contribution in [3.05, 3.63) is 60.2 Å². The molecule has 26 heavy (non-hydrogen) atoms. The normalized spacial score (nSPS) is 12.2. The molecule has 0 aliphatic rings. The van der Waals surface area contributed by atoms with Gasteiger partial charge in [0.15, 0.2) is 9.84 Å². The highest BCUT2D eigenvalue weighted by Crippen LogP contribution is 2.28. The molecule has 0 aliphatic carbocycles. The molecule has 0 bridgehead atoms. The first-order valence-corrected chi connectivity index (χ1v) is 9.36. The first-order valence-electron chi connectivity index (χ1n) is 7.81. The summed E-state index contributed by atoms with van der Waals surface area (Å²) in [4.78, 5) is 27.1. The minimum atomic E-state index is -3.96. The standard InChI is InChI=1S/C17H18FN3O4S/c1-2-20-16(22)17(23)21-11-15(12-4-3-9-19-10-12)26(24,25)14-7-5-13(18)6-8-14/h3-10,15H,2,11H2,1H3,(H,20,22)(H,21,23)/t15-/m0/s1. The molecule has 0 saturated carbocycles. The summed E-state index contributed by atoms with van der Waals surface area (Å²) >= 11 is 0. The number of carbonyl (C=O) groups excluding carboxylic acids is 2. The summed E-state index contributed by atoms with van der Waals surface area (Å²) in [5, 5.41) is 3.47. The molecule has 1 atom stereocenters. The van der Waals surface area contributed by atoms with Gasteiger partial charge >= 0.3 is 11.8 Å². The Morgan fingerprint density at radius 2 is 1.77 bits per heavy atom. The van der Waals surface area contributed by atoms with Gasteiger partial charge in [-0.1, -0.05) is 6.07 Å². The van der Waals surface area contributed by atoms with Crippen molar-refractivity contribution < 1.29 is 22.4 Å². The molecule has 0 aliphatic heterocycles. The van der Waals surface area contributed by atoms with Crippen molar-refractivity contribution in [1.29, 1.82) is 0 Å². The van der Waals surface area contributed by atoms with E-state index in [-0.39, 0.29) is 18.0 Å². The second-order valence-corrected chi connectivity index (χ2v) is 7.47. The van der Waals surface area contributed by atoms with Crippen molar-refractivity contribution in [2.45, 2.75) is 17.1 Å². The Hall–Kier alpha value is -2.81. The molecule has 2 rings (SSSR count). The molecule has 1 heterocycles. The van der Waals surface area contributed by atoms with Crippen LogP contribution in [0.1, 0.15) is 17.7 Å². The fourth-order valence-electron chi connectivity index (χ4n) is 2.27. The summed E-state index contributed by atoms with van der Waals surface area (Å²) in [7, 11) is -3.96. The van der Waals surface area contributed by atoms with Gasteiger partial charge in [-0.2, -0.15) is 0 Å². The van der Waals surface area contributed by atoms with Crippen LogP contribution < -0.4 is 10.6 Å². The van der Waals surface area contributed by atoms with Crippen molar-refractivity contribution in [3.8, 4) is 0 Å². The summed E-state index contributed by atoms with van der Waals surface area (Å²) in [6.45, 7) is 1.59. The second-order valence-electron chi connectivity index (χ2n) is 5.34. The number of hydrogen-bond donors (Lipinski definition) is 2. The SMILES string of the molecule is CCNC(=O)C(=O)NC[C@@H](c1cccnc1)S(=O)(=O)c1ccc(F)cc1. The molecule has 2 amide bonds. The first-order chi connectivity index (χ1) is 12.4. The molecule has 9 heteroatoms. The van der Waals surface area contributed by atoms with E-state index in [9.17, 15) is 22.4 Å². The Bertz CT molecular complexity index is 871. The second kappa shape index (κ2) is 8.52. The van der Waals surface area contributed by atoms with Gasteiger partial charge in [-0.15, -0.1) is 0 Å². The van der Waals surface area contributed by atoms with Crippen LogP contribution in [0.3, 0.4) is 0 Å². The number of pyridine rings is 1. The maximum Gasteiger partial charge on any atom is 0.309 e. The van der Waals surface area contributed by atoms with Crippen LogP contribution in [0, 0.1) is 5.82 Å². The van der Waals surface area contributed by atoms with Gasteiger partial charge < -0.3 is 10.6 Å². The molecule has 0 spiro atoms. The van der Waals surface area contributed by atoms with E-state index >= 15 is 0 Å². The maximum atomic E-state index is 13.1. The fourth-order valence-corrected chi connectivity index (χ4v) is 3.91. The van der Waals surface area contributed by atoms with Gasteiger partial charge in [0.05, 0.1) is 4.90 Å². The van der Waals surface area contributed by atoms with Crippen LogP contribution in [-0.2, 0) is 19.4 Å². The number of sulfone groups is 1. The average Bonchev–Trinajstić information content (AvgIpc) is 2.63. The molecule has 7 nitrogen and oxygen atoms in total. The number of hydrogen-bond acceptors (Lipinski definition) is 5. The highest BCUT2D eigenvalue weighted by atomic mass is 32.2. The van der Waals surface area contributed by atoms with E-state index in [0.29, 0.717) is 5.56 Å². The van der Waals surface area contributed by atoms with Crippen molar-refractivity contribution in [1.82, 2.24) is 15.6 Å². The molecule has 0 radical (unpaired) electrons. The van der Waals surface area contributed by atoms with E-state index in [4.69, 9.17) is 0 Å². The number of amides is 2. The van der Waals surface area contributed by atoms with Crippen LogP contribution in [0.15, 0.2) is 53.7 Å². The van der Waals surface area contributed by atoms with Crippen LogP contribution in [0.5, 0.6) is 0 Å². The largest absolute Gasteiger partial charge is 0.348 e. The molecular weight excluding hydrogens is 361 g/mol. The summed E-state index contributed by atoms with van der Waals surface area (Å²) in [6.07, 6.45) is 2.85. The van der Waals surface area contributed by atoms with Crippen LogP contribution in [0.2, 0.25) is 0 Å². The third kappa shape index (κ3) is 4.63. The lowest BCUT2D eigenvalue weighted by atomic mass is 10.2. The van der Waals surface area contributed by atoms with Gasteiger partial charge in [0.25, 0.3) is 0 Å². The minimum Gasteiger partial charge on any atom is -0.348 e. The van der Waals surface area contributed by atoms with Gasteiger partial charge in [0, 0.05) is 25.5 Å². The van der Waals surface area contributed by atoms with Gasteiger partial charge in [-0.25, -0.2) is 12.8 Å². The zero-order valence-corrected chi connectivity index (χ0v) is 14.8. The lowest BCUT2D eigenvalue weighted by molar-refractivity contribution is -0.139. The topological polar surface area (TPSA) is 105 Å². The minimum absolute atomic E-state index is 0.0972. The predicted octanol–water partition coefficient (Wildman–Crippen LogP) is 0.988. The Kier molecular flexibility index (Phi) is 6.40. The monoisotopic (exact) mass is 379 g/mol. The van der Waals surface area contributed by atoms with Crippen molar-refractivity contribution in [2.24, 2.45) is 0 Å². The lowest BCUT2D eigenvalue weighted by Crippen LogP contribution is -2.42. The summed E-state index contributed by atoms with van der Waals surface area (Å²) in [6, 6.07) is 7.51. The third-order valence-electron chi connectivity index (χ3n) is 3.56. The van der Waals surface area contributed by atoms with Crippen molar-refractivity contribution in [2.75, 3.05) is 13.1 Å². The third-order valence-corrected chi connectivity index (χ3v) is 5.68. The number of rotatable bonds is 6. The lowest BCUT2D eigenvalue weighted by Gasteiger charge is -2.18. The molecule has 0 unspecified atom stereocenters. The van der Waals surface area contributed by atoms with Crippen molar-refractivity contribution in [3.63, 3.8) is 0 Å². The quantitative estimate of drug-likeness (QED) is 0.575. The zero-order chi connectivity index (χ0) is 19.2. The Balaban J connectivity index is 2.31. The van der Waals surface area contributed by atoms with E-state index in [2.05, 4.69) is 15.6 Å². The number of halogens is 1. The van der Waals surface area contributed by atoms with Crippen LogP contribution in [0.25, 0.3) is 0 Å². The van der Waals surface area contributed by atoms with Crippen molar-refractivity contribution >= 4 is 21.7 Å². The number of carbonyl (C=O) groups is 2. The molecule has 0 saturated heterocycles. The maximum absolute atomic E-state index is 13.1. The summed E-state index contributed by atoms with van der Waals surface area (Å²) in [5.74, 6) is -2.35. The van der Waals surface area contributed by atoms with E-state index in [1.54, 1.807) is 19.1 Å². The number of nitrogens with one attached hydrogen (secondary N) is 2. The number of aromatic nitrogens is 1. The van der Waals surface area contributed by atoms with Gasteiger partial charge in [0.2, 0.25) is 0 Å². The Morgan fingerprint density at radius 1 is 1.12 bits per heavy atom. The first kappa shape index (κ1) is 19.5. The van der Waals surface area contributed by atoms with E-state index in [0.717, 1.165) is 24.3 Å². The van der Waals surface area contributed by atoms with Gasteiger partial charge in [0.1, 0.15) is 11.1 Å².